The van der Waals surface area contributed by atoms with Crippen molar-refractivity contribution in [2.24, 2.45) is 15.9 Å². The number of anilines is 1. The minimum atomic E-state index is -3.29. The lowest BCUT2D eigenvalue weighted by molar-refractivity contribution is -0.384. The van der Waals surface area contributed by atoms with E-state index < -0.39 is 82.6 Å². The van der Waals surface area contributed by atoms with E-state index in [-0.39, 0.29) is 37.0 Å². The molecule has 5 aromatic carbocycles. The third-order valence-electron chi connectivity index (χ3n) is 11.2. The van der Waals surface area contributed by atoms with Crippen molar-refractivity contribution in [2.45, 2.75) is 96.0 Å². The second-order valence-electron chi connectivity index (χ2n) is 18.2. The minimum Gasteiger partial charge on any atom is -0.458 e. The number of aromatic nitrogens is 2. The number of fused-ring (bicyclic) bond motifs is 1. The van der Waals surface area contributed by atoms with E-state index >= 15 is 0 Å². The summed E-state index contributed by atoms with van der Waals surface area (Å²) < 4.78 is 112. The molecule has 0 bridgehead atoms. The molecular formula is C63H64ClF8N7O5. The normalized spacial score (nSPS) is 13.7. The lowest BCUT2D eigenvalue weighted by Gasteiger charge is -2.15. The molecule has 12 nitrogen and oxygen atoms in total. The first kappa shape index (κ1) is 71.1. The van der Waals surface area contributed by atoms with Gasteiger partial charge in [-0.2, -0.15) is 40.4 Å². The van der Waals surface area contributed by atoms with Gasteiger partial charge in [0.05, 0.1) is 32.9 Å². The van der Waals surface area contributed by atoms with Gasteiger partial charge in [-0.05, 0) is 85.8 Å². The number of nitriles is 1. The molecule has 7 rings (SSSR count). The Labute approximate surface area is 488 Å². The second kappa shape index (κ2) is 33.8. The largest absolute Gasteiger partial charge is 0.458 e. The van der Waals surface area contributed by atoms with Gasteiger partial charge in [0, 0.05) is 50.2 Å². The summed E-state index contributed by atoms with van der Waals surface area (Å²) in [6, 6.07) is 36.0. The first-order valence-corrected chi connectivity index (χ1v) is 25.5. The molecule has 0 aliphatic heterocycles. The van der Waals surface area contributed by atoms with Gasteiger partial charge in [0.2, 0.25) is 5.78 Å². The fourth-order valence-corrected chi connectivity index (χ4v) is 7.18. The number of carbonyl (C=O) groups excluding carboxylic acids is 2. The van der Waals surface area contributed by atoms with Gasteiger partial charge in [0.1, 0.15) is 12.2 Å². The number of nitrogens with two attached hydrogens (primary N) is 1. The van der Waals surface area contributed by atoms with Crippen LogP contribution in [0.3, 0.4) is 0 Å². The maximum absolute atomic E-state index is 13.8. The van der Waals surface area contributed by atoms with Gasteiger partial charge in [-0.25, -0.2) is 24.7 Å². The number of esters is 1. The molecule has 0 spiro atoms. The minimum absolute atomic E-state index is 0. The summed E-state index contributed by atoms with van der Waals surface area (Å²) in [7, 11) is 0. The van der Waals surface area contributed by atoms with E-state index in [1.165, 1.54) is 18.2 Å². The molecule has 21 heteroatoms. The van der Waals surface area contributed by atoms with Crippen LogP contribution in [-0.4, -0.2) is 61.4 Å². The molecule has 0 amide bonds. The lowest BCUT2D eigenvalue weighted by Crippen LogP contribution is -2.29. The maximum Gasteiger partial charge on any atom is 0.338 e. The molecule has 0 saturated heterocycles. The molecule has 1 aliphatic carbocycles. The number of carbonyl (C=O) groups is 2. The van der Waals surface area contributed by atoms with Crippen molar-refractivity contribution < 1.29 is 54.4 Å². The molecule has 1 aromatic heterocycles. The van der Waals surface area contributed by atoms with Crippen LogP contribution in [0.25, 0.3) is 11.0 Å². The molecule has 1 aliphatic rings. The maximum atomic E-state index is 13.8. The molecule has 0 radical (unpaired) electrons. The summed E-state index contributed by atoms with van der Waals surface area (Å²) in [5, 5.41) is 18.7. The molecule has 84 heavy (non-hydrogen) atoms. The van der Waals surface area contributed by atoms with Gasteiger partial charge in [0.25, 0.3) is 11.6 Å². The number of halogens is 9. The van der Waals surface area contributed by atoms with Crippen molar-refractivity contribution in [3.8, 4) is 6.07 Å². The van der Waals surface area contributed by atoms with Gasteiger partial charge in [-0.1, -0.05) is 122 Å². The third kappa shape index (κ3) is 23.5. The molecule has 444 valence electrons. The molecule has 2 N–H and O–H groups in total. The Bertz CT molecular complexity index is 3300. The third-order valence-corrected chi connectivity index (χ3v) is 11.6. The van der Waals surface area contributed by atoms with E-state index in [1.54, 1.807) is 128 Å². The number of nitro groups is 1. The van der Waals surface area contributed by atoms with Crippen LogP contribution in [0.5, 0.6) is 0 Å². The van der Waals surface area contributed by atoms with Gasteiger partial charge in [0.15, 0.2) is 22.4 Å². The number of alkyl halides is 8. The average molecular weight is 1190 g/mol. The van der Waals surface area contributed by atoms with E-state index in [9.17, 15) is 54.8 Å². The van der Waals surface area contributed by atoms with Crippen LogP contribution in [0.15, 0.2) is 201 Å². The topological polar surface area (TPSA) is 187 Å². The summed E-state index contributed by atoms with van der Waals surface area (Å²) in [5.41, 5.74) is 8.34. The quantitative estimate of drug-likeness (QED) is 0.0183. The number of ether oxygens (including phenoxy) is 1. The second-order valence-corrected chi connectivity index (χ2v) is 18.6. The summed E-state index contributed by atoms with van der Waals surface area (Å²) in [6.45, 7) is 20.2. The van der Waals surface area contributed by atoms with Crippen LogP contribution in [0.2, 0.25) is 0 Å². The van der Waals surface area contributed by atoms with E-state index in [2.05, 4.69) is 52.8 Å². The summed E-state index contributed by atoms with van der Waals surface area (Å²) in [5.74, 6) is -14.3. The first-order chi connectivity index (χ1) is 39.2. The highest BCUT2D eigenvalue weighted by Crippen LogP contribution is 2.38. The number of aliphatic imine (C=N–C) groups is 2. The van der Waals surface area contributed by atoms with Crippen molar-refractivity contribution in [2.75, 3.05) is 5.73 Å². The Kier molecular flexibility index (Phi) is 28.7. The predicted octanol–water partition coefficient (Wildman–Crippen LogP) is 17.5. The highest BCUT2D eigenvalue weighted by molar-refractivity contribution is 6.67. The fraction of sp³-hybridized carbons (Fsp3) is 0.254. The molecular weight excluding hydrogens is 1120 g/mol. The number of hydrogen-bond acceptors (Lipinski definition) is 11. The van der Waals surface area contributed by atoms with E-state index in [0.29, 0.717) is 39.5 Å². The predicted molar refractivity (Wildman–Crippen MR) is 317 cm³/mol. The number of para-hydroxylation sites is 2. The van der Waals surface area contributed by atoms with Crippen LogP contribution >= 0.6 is 11.6 Å². The Morgan fingerprint density at radius 1 is 0.714 bits per heavy atom. The molecule has 1 fully saturated rings. The zero-order valence-electron chi connectivity index (χ0n) is 45.4. The summed E-state index contributed by atoms with van der Waals surface area (Å²) in [6.07, 6.45) is 5.32. The smallest absolute Gasteiger partial charge is 0.338 e. The van der Waals surface area contributed by atoms with Crippen molar-refractivity contribution in [1.29, 1.82) is 5.26 Å². The summed E-state index contributed by atoms with van der Waals surface area (Å²) in [4.78, 5) is 48.5. The van der Waals surface area contributed by atoms with Crippen LogP contribution in [0.1, 0.15) is 78.7 Å². The van der Waals surface area contributed by atoms with Crippen molar-refractivity contribution in [3.63, 3.8) is 0 Å². The van der Waals surface area contributed by atoms with Crippen LogP contribution in [-0.2, 0) is 21.9 Å². The monoisotopic (exact) mass is 1190 g/mol. The number of allylic oxidation sites excluding steroid dienone is 5. The number of ketones is 1. The standard InChI is InChI=1S/C14H15NO4.C13H13F2N3.C12H10F2N2.C12H12F2O.C11H10ClF2N.CH4/c1-3-4-10-8-13(10)19-14(16)11-5-9(2)6-12(7-11)15(17)18;1-3-6-13(14,15)11-12(16)18-10-7-8(2)4-5-9(10)17-11;1-2-8-12(13,14)11(9-15)16-10-6-4-3-5-7-10;1-2-8-12(13,14)11(15)9-10-6-4-3-5-7-10;1-2-8-11(13,14)10(12)15-9-6-4-3-5-7-9;/h3,5-7,10,13H,1,4,8H2,2H3;3-5,7H,1,6H2,2H3,(H2,16,18);2-7H,1,8H2;2-7H,1,8-9H2;2-7H,1,8H2;1H4/t10-,13-;;;;;/m1...../s1. The number of rotatable bonds is 21. The first-order valence-electron chi connectivity index (χ1n) is 25.2. The lowest BCUT2D eigenvalue weighted by atomic mass is 10.0. The number of aryl methyl sites for hydroxylation is 2. The van der Waals surface area contributed by atoms with Gasteiger partial charge >= 0.3 is 23.7 Å². The zero-order chi connectivity index (χ0) is 62.0. The molecule has 1 saturated carbocycles. The van der Waals surface area contributed by atoms with Gasteiger partial charge in [-0.15, -0.1) is 32.9 Å². The highest BCUT2D eigenvalue weighted by atomic mass is 35.5. The number of nitrogens with zero attached hydrogens (tertiary/aromatic N) is 6. The van der Waals surface area contributed by atoms with Gasteiger partial charge < -0.3 is 10.5 Å². The van der Waals surface area contributed by atoms with Crippen LogP contribution in [0.4, 0.5) is 58.0 Å². The Morgan fingerprint density at radius 2 is 1.24 bits per heavy atom. The van der Waals surface area contributed by atoms with E-state index in [1.807, 2.05) is 6.92 Å². The number of Topliss-reactive ketones (excluding diaryl/α,β-unsaturated/α-hetero) is 1. The molecule has 6 aromatic rings. The zero-order valence-corrected chi connectivity index (χ0v) is 46.1. The fourth-order valence-electron chi connectivity index (χ4n) is 7.01. The number of hydrogen-bond donors (Lipinski definition) is 1. The van der Waals surface area contributed by atoms with Crippen molar-refractivity contribution >= 4 is 68.1 Å². The number of nitro benzene ring substituents is 1. The number of nitrogen functional groups attached to an aromatic ring is 1. The molecule has 0 unspecified atom stereocenters. The molecule has 1 heterocycles. The number of benzene rings is 5. The Morgan fingerprint density at radius 3 is 1.76 bits per heavy atom. The molecule has 2 atom stereocenters. The highest BCUT2D eigenvalue weighted by Gasteiger charge is 2.40. The summed E-state index contributed by atoms with van der Waals surface area (Å²) >= 11 is 5.44. The Hall–Kier alpha value is -8.96. The van der Waals surface area contributed by atoms with Crippen LogP contribution in [0, 0.1) is 41.2 Å². The van der Waals surface area contributed by atoms with E-state index in [0.717, 1.165) is 42.7 Å². The van der Waals surface area contributed by atoms with Crippen molar-refractivity contribution in [3.05, 3.63) is 229 Å². The van der Waals surface area contributed by atoms with E-state index in [4.69, 9.17) is 27.3 Å². The van der Waals surface area contributed by atoms with Crippen LogP contribution < -0.4 is 5.73 Å². The Balaban J connectivity index is 0.000000359. The van der Waals surface area contributed by atoms with Crippen molar-refractivity contribution in [1.82, 2.24) is 9.97 Å². The number of non-ortho nitro benzene ring substituents is 1. The average Bonchev–Trinajstić information content (AvgIpc) is 4.09. The van der Waals surface area contributed by atoms with Gasteiger partial charge in [-0.3, -0.25) is 14.9 Å². The SMILES string of the molecule is C.C=CCC(F)(F)C(=O)Cc1ccccc1.C=CCC(F)(F)C(C#N)=Nc1ccccc1.C=CCC(F)(F)C(Cl)=Nc1ccccc1.C=CCC(F)(F)c1nc2ccc(C)cc2nc1N.C=CC[C@@H]1C[C@H]1OC(=O)c1cc(C)cc([N+](=O)[O-])c1.